The standard InChI is InChI=1S/C18H27N3/c1-12(2)6-5-7-13(3)21-18-9-8-17(19)16-11-20-14(4)10-15(16)18/h8-13,21H,5-7,19H2,1-4H3. The molecule has 114 valence electrons. The topological polar surface area (TPSA) is 50.9 Å². The van der Waals surface area contributed by atoms with E-state index in [1.807, 2.05) is 19.2 Å². The maximum atomic E-state index is 6.05. The second kappa shape index (κ2) is 6.79. The molecule has 0 amide bonds. The average molecular weight is 285 g/mol. The van der Waals surface area contributed by atoms with E-state index in [2.05, 4.69) is 43.2 Å². The Balaban J connectivity index is 2.14. The van der Waals surface area contributed by atoms with Crippen molar-refractivity contribution in [2.45, 2.75) is 53.0 Å². The predicted octanol–water partition coefficient (Wildman–Crippen LogP) is 4.75. The zero-order valence-electron chi connectivity index (χ0n) is 13.6. The highest BCUT2D eigenvalue weighted by Gasteiger charge is 2.08. The number of pyridine rings is 1. The van der Waals surface area contributed by atoms with Crippen LogP contribution in [0.25, 0.3) is 10.8 Å². The third kappa shape index (κ3) is 4.10. The lowest BCUT2D eigenvalue weighted by Crippen LogP contribution is -2.15. The molecule has 3 N–H and O–H groups in total. The first kappa shape index (κ1) is 15.6. The van der Waals surface area contributed by atoms with Crippen LogP contribution in [0.3, 0.4) is 0 Å². The van der Waals surface area contributed by atoms with Crippen LogP contribution in [0.5, 0.6) is 0 Å². The van der Waals surface area contributed by atoms with E-state index in [1.54, 1.807) is 0 Å². The molecule has 1 heterocycles. The van der Waals surface area contributed by atoms with Crippen LogP contribution in [-0.4, -0.2) is 11.0 Å². The molecule has 21 heavy (non-hydrogen) atoms. The van der Waals surface area contributed by atoms with Crippen molar-refractivity contribution in [1.82, 2.24) is 4.98 Å². The van der Waals surface area contributed by atoms with Gasteiger partial charge in [-0.3, -0.25) is 4.98 Å². The molecule has 0 aliphatic rings. The summed E-state index contributed by atoms with van der Waals surface area (Å²) in [4.78, 5) is 4.35. The van der Waals surface area contributed by atoms with Crippen LogP contribution in [0.15, 0.2) is 24.4 Å². The van der Waals surface area contributed by atoms with E-state index in [4.69, 9.17) is 5.73 Å². The minimum atomic E-state index is 0.462. The van der Waals surface area contributed by atoms with Crippen molar-refractivity contribution in [3.63, 3.8) is 0 Å². The van der Waals surface area contributed by atoms with Gasteiger partial charge in [-0.2, -0.15) is 0 Å². The highest BCUT2D eigenvalue weighted by molar-refractivity contribution is 6.00. The van der Waals surface area contributed by atoms with Crippen LogP contribution in [0.4, 0.5) is 11.4 Å². The van der Waals surface area contributed by atoms with Gasteiger partial charge >= 0.3 is 0 Å². The highest BCUT2D eigenvalue weighted by atomic mass is 14.9. The van der Waals surface area contributed by atoms with Gasteiger partial charge in [0.1, 0.15) is 0 Å². The molecular weight excluding hydrogens is 258 g/mol. The molecule has 2 aromatic rings. The molecule has 0 bridgehead atoms. The van der Waals surface area contributed by atoms with Crippen molar-refractivity contribution in [3.8, 4) is 0 Å². The number of benzene rings is 1. The fourth-order valence-electron chi connectivity index (χ4n) is 2.66. The summed E-state index contributed by atoms with van der Waals surface area (Å²) in [5, 5.41) is 5.82. The van der Waals surface area contributed by atoms with Gasteiger partial charge < -0.3 is 11.1 Å². The largest absolute Gasteiger partial charge is 0.398 e. The SMILES string of the molecule is Cc1cc2c(NC(C)CCCC(C)C)ccc(N)c2cn1. The van der Waals surface area contributed by atoms with Gasteiger partial charge in [-0.1, -0.05) is 26.7 Å². The average Bonchev–Trinajstić information content (AvgIpc) is 2.41. The maximum Gasteiger partial charge on any atom is 0.0424 e. The molecule has 2 rings (SSSR count). The number of hydrogen-bond donors (Lipinski definition) is 2. The third-order valence-corrected chi connectivity index (χ3v) is 3.89. The Morgan fingerprint density at radius 2 is 1.90 bits per heavy atom. The van der Waals surface area contributed by atoms with Crippen LogP contribution >= 0.6 is 0 Å². The van der Waals surface area contributed by atoms with Crippen molar-refractivity contribution in [2.24, 2.45) is 5.92 Å². The Bertz CT molecular complexity index is 605. The number of nitrogens with two attached hydrogens (primary N) is 1. The summed E-state index contributed by atoms with van der Waals surface area (Å²) >= 11 is 0. The van der Waals surface area contributed by atoms with Crippen molar-refractivity contribution in [1.29, 1.82) is 0 Å². The molecule has 0 fully saturated rings. The molecule has 0 saturated carbocycles. The molecule has 1 atom stereocenters. The van der Waals surface area contributed by atoms with Crippen LogP contribution in [0, 0.1) is 12.8 Å². The lowest BCUT2D eigenvalue weighted by atomic mass is 10.0. The number of hydrogen-bond acceptors (Lipinski definition) is 3. The third-order valence-electron chi connectivity index (χ3n) is 3.89. The number of nitrogen functional groups attached to an aromatic ring is 1. The number of rotatable bonds is 6. The summed E-state index contributed by atoms with van der Waals surface area (Å²) in [6, 6.07) is 6.61. The maximum absolute atomic E-state index is 6.05. The Morgan fingerprint density at radius 3 is 2.62 bits per heavy atom. The Kier molecular flexibility index (Phi) is 5.05. The summed E-state index contributed by atoms with van der Waals surface area (Å²) in [5.41, 5.74) is 9.01. The smallest absolute Gasteiger partial charge is 0.0424 e. The Hall–Kier alpha value is -1.77. The van der Waals surface area contributed by atoms with E-state index in [0.717, 1.165) is 28.4 Å². The van der Waals surface area contributed by atoms with Crippen LogP contribution in [0.2, 0.25) is 0 Å². The molecule has 1 aromatic carbocycles. The number of anilines is 2. The fourth-order valence-corrected chi connectivity index (χ4v) is 2.66. The first-order valence-corrected chi connectivity index (χ1v) is 7.88. The Labute approximate surface area is 128 Å². The van der Waals surface area contributed by atoms with Crippen LogP contribution < -0.4 is 11.1 Å². The normalized spacial score (nSPS) is 12.8. The number of nitrogens with one attached hydrogen (secondary N) is 1. The van der Waals surface area contributed by atoms with E-state index < -0.39 is 0 Å². The zero-order valence-corrected chi connectivity index (χ0v) is 13.6. The van der Waals surface area contributed by atoms with Crippen molar-refractivity contribution in [3.05, 3.63) is 30.1 Å². The number of nitrogens with zero attached hydrogens (tertiary/aromatic N) is 1. The van der Waals surface area contributed by atoms with Crippen molar-refractivity contribution in [2.75, 3.05) is 11.1 Å². The number of fused-ring (bicyclic) bond motifs is 1. The summed E-state index contributed by atoms with van der Waals surface area (Å²) < 4.78 is 0. The van der Waals surface area contributed by atoms with Gasteiger partial charge in [0.15, 0.2) is 0 Å². The van der Waals surface area contributed by atoms with E-state index in [1.165, 1.54) is 24.6 Å². The van der Waals surface area contributed by atoms with Gasteiger partial charge in [-0.05, 0) is 44.4 Å². The molecule has 1 unspecified atom stereocenters. The molecule has 0 radical (unpaired) electrons. The molecule has 3 heteroatoms. The van der Waals surface area contributed by atoms with Gasteiger partial charge in [-0.25, -0.2) is 0 Å². The molecular formula is C18H27N3. The summed E-state index contributed by atoms with van der Waals surface area (Å²) in [6.07, 6.45) is 5.61. The van der Waals surface area contributed by atoms with Gasteiger partial charge in [0.05, 0.1) is 0 Å². The first-order valence-electron chi connectivity index (χ1n) is 7.88. The lowest BCUT2D eigenvalue weighted by molar-refractivity contribution is 0.520. The lowest BCUT2D eigenvalue weighted by Gasteiger charge is -2.18. The quantitative estimate of drug-likeness (QED) is 0.753. The molecule has 0 spiro atoms. The van der Waals surface area contributed by atoms with E-state index in [-0.39, 0.29) is 0 Å². The first-order chi connectivity index (χ1) is 9.97. The van der Waals surface area contributed by atoms with E-state index in [9.17, 15) is 0 Å². The van der Waals surface area contributed by atoms with Crippen molar-refractivity contribution >= 4 is 22.1 Å². The minimum Gasteiger partial charge on any atom is -0.398 e. The number of aromatic nitrogens is 1. The van der Waals surface area contributed by atoms with Crippen LogP contribution in [-0.2, 0) is 0 Å². The van der Waals surface area contributed by atoms with E-state index in [0.29, 0.717) is 6.04 Å². The molecule has 1 aromatic heterocycles. The monoisotopic (exact) mass is 285 g/mol. The van der Waals surface area contributed by atoms with E-state index >= 15 is 0 Å². The fraction of sp³-hybridized carbons (Fsp3) is 0.500. The predicted molar refractivity (Wildman–Crippen MR) is 92.7 cm³/mol. The molecule has 3 nitrogen and oxygen atoms in total. The summed E-state index contributed by atoms with van der Waals surface area (Å²) in [6.45, 7) is 8.82. The summed E-state index contributed by atoms with van der Waals surface area (Å²) in [5.74, 6) is 0.781. The molecule has 0 saturated heterocycles. The number of aryl methyl sites for hydroxylation is 1. The second-order valence-electron chi connectivity index (χ2n) is 6.44. The summed E-state index contributed by atoms with van der Waals surface area (Å²) in [7, 11) is 0. The van der Waals surface area contributed by atoms with Crippen molar-refractivity contribution < 1.29 is 0 Å². The molecule has 0 aliphatic heterocycles. The second-order valence-corrected chi connectivity index (χ2v) is 6.44. The minimum absolute atomic E-state index is 0.462. The van der Waals surface area contributed by atoms with Gasteiger partial charge in [0, 0.05) is 40.1 Å². The zero-order chi connectivity index (χ0) is 15.4. The van der Waals surface area contributed by atoms with Gasteiger partial charge in [-0.15, -0.1) is 0 Å². The van der Waals surface area contributed by atoms with Crippen LogP contribution in [0.1, 0.15) is 45.7 Å². The Morgan fingerprint density at radius 1 is 1.14 bits per heavy atom. The van der Waals surface area contributed by atoms with Gasteiger partial charge in [0.25, 0.3) is 0 Å². The molecule has 0 aliphatic carbocycles. The van der Waals surface area contributed by atoms with Gasteiger partial charge in [0.2, 0.25) is 0 Å². The highest BCUT2D eigenvalue weighted by Crippen LogP contribution is 2.29.